The van der Waals surface area contributed by atoms with Crippen LogP contribution in [0.2, 0.25) is 0 Å². The maximum absolute atomic E-state index is 12.5. The summed E-state index contributed by atoms with van der Waals surface area (Å²) < 4.78 is 19.4. The Morgan fingerprint density at radius 1 is 0.824 bits per heavy atom. The number of hydrogen-bond donors (Lipinski definition) is 3. The van der Waals surface area contributed by atoms with Crippen molar-refractivity contribution in [3.63, 3.8) is 0 Å². The first-order chi connectivity index (χ1) is 24.2. The van der Waals surface area contributed by atoms with Gasteiger partial charge in [0, 0.05) is 26.7 Å². The average molecular weight is 711 g/mol. The second-order valence-electron chi connectivity index (χ2n) is 10.5. The lowest BCUT2D eigenvalue weighted by Crippen LogP contribution is -2.59. The fraction of sp³-hybridized carbons (Fsp3) is 0.444. The Labute approximate surface area is 298 Å². The number of carbonyl (C=O) groups is 6. The fourth-order valence-corrected chi connectivity index (χ4v) is 4.10. The SMILES string of the molecule is CCOC(=O)C(C#N)(NC(C)=O)C(=O)CCCc1ccc(OC)cc1.COc1ccc(CCCC(=O)O)cc1.[C-]#[N+]C(NC(C)=O)C(=O)OCC. The van der Waals surface area contributed by atoms with Gasteiger partial charge >= 0.3 is 24.1 Å². The van der Waals surface area contributed by atoms with E-state index >= 15 is 0 Å². The summed E-state index contributed by atoms with van der Waals surface area (Å²) in [6.07, 6.45) is 1.47. The van der Waals surface area contributed by atoms with Gasteiger partial charge in [-0.25, -0.2) is 16.2 Å². The number of hydrogen-bond acceptors (Lipinski definition) is 11. The topological polar surface area (TPSA) is 212 Å². The molecule has 0 spiro atoms. The molecular formula is C36H46N4O11. The molecule has 2 aromatic carbocycles. The van der Waals surface area contributed by atoms with Gasteiger partial charge < -0.3 is 29.4 Å². The molecule has 0 aliphatic rings. The van der Waals surface area contributed by atoms with Gasteiger partial charge in [-0.3, -0.25) is 29.3 Å². The number of nitrogens with one attached hydrogen (secondary N) is 2. The molecule has 2 aromatic rings. The molecule has 0 aliphatic heterocycles. The summed E-state index contributed by atoms with van der Waals surface area (Å²) in [4.78, 5) is 70.4. The molecule has 3 N–H and O–H groups in total. The summed E-state index contributed by atoms with van der Waals surface area (Å²) in [5.74, 6) is -2.72. The Balaban J connectivity index is 0.000000811. The number of carboxylic acid groups (broad SMARTS) is 1. The quantitative estimate of drug-likeness (QED) is 0.122. The van der Waals surface area contributed by atoms with Crippen LogP contribution in [0.4, 0.5) is 0 Å². The van der Waals surface area contributed by atoms with Gasteiger partial charge in [0.15, 0.2) is 5.78 Å². The number of Topliss-reactive ketones (excluding diaryl/α,β-unsaturated/α-hetero) is 1. The van der Waals surface area contributed by atoms with Gasteiger partial charge in [-0.1, -0.05) is 24.3 Å². The van der Waals surface area contributed by atoms with Crippen molar-refractivity contribution >= 4 is 35.5 Å². The molecule has 0 aromatic heterocycles. The van der Waals surface area contributed by atoms with Crippen LogP contribution in [-0.2, 0) is 51.1 Å². The molecule has 2 amide bonds. The van der Waals surface area contributed by atoms with Gasteiger partial charge in [-0.05, 0) is 74.9 Å². The number of nitrogens with zero attached hydrogens (tertiary/aromatic N) is 2. The normalized spacial score (nSPS) is 11.4. The Morgan fingerprint density at radius 2 is 1.29 bits per heavy atom. The predicted molar refractivity (Wildman–Crippen MR) is 184 cm³/mol. The Kier molecular flexibility index (Phi) is 22.1. The molecule has 2 unspecified atom stereocenters. The minimum Gasteiger partial charge on any atom is -0.497 e. The van der Waals surface area contributed by atoms with Crippen LogP contribution >= 0.6 is 0 Å². The Morgan fingerprint density at radius 3 is 1.65 bits per heavy atom. The Hall–Kier alpha value is -5.96. The van der Waals surface area contributed by atoms with Crippen molar-refractivity contribution in [2.45, 2.75) is 77.9 Å². The van der Waals surface area contributed by atoms with Crippen LogP contribution in [0.25, 0.3) is 4.85 Å². The van der Waals surface area contributed by atoms with Crippen LogP contribution in [0.5, 0.6) is 11.5 Å². The molecular weight excluding hydrogens is 664 g/mol. The number of methoxy groups -OCH3 is 2. The van der Waals surface area contributed by atoms with Gasteiger partial charge in [-0.15, -0.1) is 0 Å². The molecule has 0 radical (unpaired) electrons. The van der Waals surface area contributed by atoms with Gasteiger partial charge in [0.25, 0.3) is 5.54 Å². The van der Waals surface area contributed by atoms with Crippen molar-refractivity contribution in [1.82, 2.24) is 10.6 Å². The molecule has 0 fully saturated rings. The smallest absolute Gasteiger partial charge is 0.413 e. The highest BCUT2D eigenvalue weighted by atomic mass is 16.5. The van der Waals surface area contributed by atoms with Gasteiger partial charge in [0.1, 0.15) is 17.6 Å². The summed E-state index contributed by atoms with van der Waals surface area (Å²) in [7, 11) is 3.20. The number of nitriles is 1. The molecule has 51 heavy (non-hydrogen) atoms. The van der Waals surface area contributed by atoms with E-state index in [0.717, 1.165) is 36.0 Å². The molecule has 0 bridgehead atoms. The summed E-state index contributed by atoms with van der Waals surface area (Å²) >= 11 is 0. The zero-order valence-electron chi connectivity index (χ0n) is 29.8. The third-order valence-electron chi connectivity index (χ3n) is 6.55. The first kappa shape index (κ1) is 45.0. The number of aliphatic carboxylic acids is 1. The number of carboxylic acids is 1. The van der Waals surface area contributed by atoms with E-state index in [2.05, 4.69) is 20.2 Å². The summed E-state index contributed by atoms with van der Waals surface area (Å²) in [6, 6.07) is 16.7. The van der Waals surface area contributed by atoms with E-state index in [-0.39, 0.29) is 26.1 Å². The van der Waals surface area contributed by atoms with E-state index in [1.165, 1.54) is 6.92 Å². The maximum Gasteiger partial charge on any atom is 0.413 e. The van der Waals surface area contributed by atoms with Crippen molar-refractivity contribution in [3.05, 3.63) is 71.1 Å². The first-order valence-corrected chi connectivity index (χ1v) is 15.9. The highest BCUT2D eigenvalue weighted by Crippen LogP contribution is 2.17. The van der Waals surface area contributed by atoms with Crippen LogP contribution in [0.15, 0.2) is 48.5 Å². The predicted octanol–water partition coefficient (Wildman–Crippen LogP) is 3.58. The molecule has 0 saturated carbocycles. The van der Waals surface area contributed by atoms with Crippen LogP contribution in [0.3, 0.4) is 0 Å². The average Bonchev–Trinajstić information content (AvgIpc) is 3.10. The number of esters is 2. The number of amides is 2. The highest BCUT2D eigenvalue weighted by molar-refractivity contribution is 6.13. The van der Waals surface area contributed by atoms with Gasteiger partial charge in [-0.2, -0.15) is 5.26 Å². The number of aryl methyl sites for hydroxylation is 2. The number of ketones is 1. The minimum atomic E-state index is -2.29. The molecule has 0 saturated heterocycles. The number of benzene rings is 2. The van der Waals surface area contributed by atoms with E-state index < -0.39 is 47.2 Å². The zero-order chi connectivity index (χ0) is 38.8. The van der Waals surface area contributed by atoms with Crippen molar-refractivity contribution in [2.24, 2.45) is 0 Å². The lowest BCUT2D eigenvalue weighted by Gasteiger charge is -2.23. The molecule has 276 valence electrons. The van der Waals surface area contributed by atoms with Crippen molar-refractivity contribution in [3.8, 4) is 17.6 Å². The Bertz CT molecular complexity index is 1510. The monoisotopic (exact) mass is 710 g/mol. The van der Waals surface area contributed by atoms with Crippen LogP contribution < -0.4 is 20.1 Å². The summed E-state index contributed by atoms with van der Waals surface area (Å²) in [5, 5.41) is 22.1. The minimum absolute atomic E-state index is 0.000969. The molecule has 0 aliphatic carbocycles. The van der Waals surface area contributed by atoms with E-state index in [0.29, 0.717) is 19.3 Å². The van der Waals surface area contributed by atoms with Gasteiger partial charge in [0.2, 0.25) is 11.8 Å². The van der Waals surface area contributed by atoms with E-state index in [4.69, 9.17) is 25.9 Å². The van der Waals surface area contributed by atoms with Crippen molar-refractivity contribution in [1.29, 1.82) is 5.26 Å². The first-order valence-electron chi connectivity index (χ1n) is 15.9. The van der Waals surface area contributed by atoms with Crippen LogP contribution in [-0.4, -0.2) is 79.8 Å². The van der Waals surface area contributed by atoms with E-state index in [1.807, 2.05) is 48.5 Å². The second kappa shape index (κ2) is 25.1. The molecule has 15 heteroatoms. The number of ether oxygens (including phenoxy) is 4. The molecule has 15 nitrogen and oxygen atoms in total. The van der Waals surface area contributed by atoms with Crippen LogP contribution in [0.1, 0.15) is 64.5 Å². The maximum atomic E-state index is 12.5. The largest absolute Gasteiger partial charge is 0.497 e. The molecule has 2 rings (SSSR count). The van der Waals surface area contributed by atoms with Crippen molar-refractivity contribution < 1.29 is 52.8 Å². The lowest BCUT2D eigenvalue weighted by molar-refractivity contribution is -0.154. The molecule has 0 heterocycles. The number of rotatable bonds is 17. The third-order valence-corrected chi connectivity index (χ3v) is 6.55. The fourth-order valence-electron chi connectivity index (χ4n) is 4.10. The van der Waals surface area contributed by atoms with E-state index in [1.54, 1.807) is 34.1 Å². The van der Waals surface area contributed by atoms with Gasteiger partial charge in [0.05, 0.1) is 27.4 Å². The third kappa shape index (κ3) is 17.8. The van der Waals surface area contributed by atoms with Crippen molar-refractivity contribution in [2.75, 3.05) is 27.4 Å². The zero-order valence-corrected chi connectivity index (χ0v) is 29.8. The van der Waals surface area contributed by atoms with Crippen LogP contribution in [0, 0.1) is 17.9 Å². The second-order valence-corrected chi connectivity index (χ2v) is 10.5. The molecule has 2 atom stereocenters. The number of carbonyl (C=O) groups excluding carboxylic acids is 5. The lowest BCUT2D eigenvalue weighted by atomic mass is 9.91. The van der Waals surface area contributed by atoms with E-state index in [9.17, 15) is 34.0 Å². The standard InChI is InChI=1S/C18H22N2O5.C11H14O3.C7H10N2O3/c1-4-25-17(23)18(12-19,20-13(2)21)16(22)7-5-6-14-8-10-15(24-3)11-9-14;1-14-10-7-5-9(6-8-10)3-2-4-11(12)13;1-4-12-7(11)6(8-3)9-5(2)10/h8-11H,4-7H2,1-3H3,(H,20,21);5-8H,2-4H2,1H3,(H,12,13);6H,4H2,1-2H3,(H,9,10). The summed E-state index contributed by atoms with van der Waals surface area (Å²) in [5.41, 5.74) is -0.152. The highest BCUT2D eigenvalue weighted by Gasteiger charge is 2.48. The summed E-state index contributed by atoms with van der Waals surface area (Å²) in [6.45, 7) is 12.3.